The van der Waals surface area contributed by atoms with Crippen molar-refractivity contribution in [1.29, 1.82) is 0 Å². The summed E-state index contributed by atoms with van der Waals surface area (Å²) in [7, 11) is 0. The Balaban J connectivity index is 2.22. The number of ether oxygens (including phenoxy) is 1. The van der Waals surface area contributed by atoms with Gasteiger partial charge in [0, 0.05) is 0 Å². The van der Waals surface area contributed by atoms with Crippen molar-refractivity contribution >= 4 is 35.6 Å². The highest BCUT2D eigenvalue weighted by Gasteiger charge is 2.17. The molecular formula is C17H24N4O5S. The number of thioether (sulfide) groups is 1. The first-order valence-electron chi connectivity index (χ1n) is 8.21. The maximum absolute atomic E-state index is 11.8. The van der Waals surface area contributed by atoms with Crippen LogP contribution < -0.4 is 21.7 Å². The Morgan fingerprint density at radius 1 is 1.07 bits per heavy atom. The van der Waals surface area contributed by atoms with E-state index in [9.17, 15) is 19.2 Å². The first kappa shape index (κ1) is 22.3. The van der Waals surface area contributed by atoms with Crippen molar-refractivity contribution < 1.29 is 23.9 Å². The van der Waals surface area contributed by atoms with Crippen LogP contribution in [0.4, 0.5) is 4.79 Å². The number of primary amides is 1. The Kier molecular flexibility index (Phi) is 10.4. The second-order valence-corrected chi connectivity index (χ2v) is 6.48. The van der Waals surface area contributed by atoms with Gasteiger partial charge in [-0.2, -0.15) is 11.8 Å². The molecule has 148 valence electrons. The first-order chi connectivity index (χ1) is 12.9. The lowest BCUT2D eigenvalue weighted by Gasteiger charge is -2.15. The number of carbonyl (C=O) groups excluding carboxylic acids is 4. The zero-order chi connectivity index (χ0) is 20.1. The molecule has 0 radical (unpaired) electrons. The predicted molar refractivity (Wildman–Crippen MR) is 102 cm³/mol. The van der Waals surface area contributed by atoms with Gasteiger partial charge in [0.2, 0.25) is 17.7 Å². The molecule has 0 spiro atoms. The third-order valence-corrected chi connectivity index (χ3v) is 3.99. The second-order valence-electron chi connectivity index (χ2n) is 5.50. The van der Waals surface area contributed by atoms with Gasteiger partial charge in [-0.05, 0) is 24.0 Å². The fourth-order valence-electron chi connectivity index (χ4n) is 1.93. The third kappa shape index (κ3) is 10.1. The Morgan fingerprint density at radius 3 is 2.37 bits per heavy atom. The number of nitrogens with two attached hydrogens (primary N) is 1. The lowest BCUT2D eigenvalue weighted by atomic mass is 10.2. The number of nitrogens with one attached hydrogen (secondary N) is 3. The molecule has 27 heavy (non-hydrogen) atoms. The highest BCUT2D eigenvalue weighted by Crippen LogP contribution is 2.01. The van der Waals surface area contributed by atoms with E-state index in [2.05, 4.69) is 16.0 Å². The molecule has 0 aromatic heterocycles. The summed E-state index contributed by atoms with van der Waals surface area (Å²) in [5.41, 5.74) is 6.04. The van der Waals surface area contributed by atoms with Crippen molar-refractivity contribution in [2.75, 3.05) is 25.1 Å². The molecule has 9 nitrogen and oxygen atoms in total. The van der Waals surface area contributed by atoms with Gasteiger partial charge >= 0.3 is 6.09 Å². The van der Waals surface area contributed by atoms with Crippen LogP contribution in [0.1, 0.15) is 12.0 Å². The van der Waals surface area contributed by atoms with Gasteiger partial charge in [0.05, 0.1) is 6.54 Å². The lowest BCUT2D eigenvalue weighted by Crippen LogP contribution is -2.49. The summed E-state index contributed by atoms with van der Waals surface area (Å²) in [4.78, 5) is 46.2. The van der Waals surface area contributed by atoms with Crippen LogP contribution in [0.2, 0.25) is 0 Å². The van der Waals surface area contributed by atoms with Gasteiger partial charge in [0.1, 0.15) is 19.2 Å². The van der Waals surface area contributed by atoms with Gasteiger partial charge in [-0.15, -0.1) is 0 Å². The van der Waals surface area contributed by atoms with Crippen LogP contribution in [-0.2, 0) is 25.7 Å². The average Bonchev–Trinajstić information content (AvgIpc) is 2.66. The molecule has 0 saturated heterocycles. The molecule has 0 fully saturated rings. The van der Waals surface area contributed by atoms with Crippen LogP contribution in [0.15, 0.2) is 30.3 Å². The van der Waals surface area contributed by atoms with Gasteiger partial charge < -0.3 is 26.4 Å². The van der Waals surface area contributed by atoms with E-state index >= 15 is 0 Å². The summed E-state index contributed by atoms with van der Waals surface area (Å²) >= 11 is 1.52. The van der Waals surface area contributed by atoms with E-state index in [4.69, 9.17) is 10.5 Å². The molecule has 1 aromatic carbocycles. The molecule has 0 aliphatic carbocycles. The summed E-state index contributed by atoms with van der Waals surface area (Å²) in [6.45, 7) is -0.587. The summed E-state index contributed by atoms with van der Waals surface area (Å²) < 4.78 is 4.96. The molecule has 0 unspecified atom stereocenters. The number of carbonyl (C=O) groups is 4. The quantitative estimate of drug-likeness (QED) is 0.407. The van der Waals surface area contributed by atoms with Crippen LogP contribution in [0.3, 0.4) is 0 Å². The molecule has 10 heteroatoms. The van der Waals surface area contributed by atoms with Crippen LogP contribution in [-0.4, -0.2) is 55.0 Å². The van der Waals surface area contributed by atoms with Crippen LogP contribution >= 0.6 is 11.8 Å². The molecule has 0 aliphatic rings. The molecule has 0 heterocycles. The summed E-state index contributed by atoms with van der Waals surface area (Å²) in [6.07, 6.45) is 1.53. The zero-order valence-electron chi connectivity index (χ0n) is 15.0. The molecule has 1 atom stereocenters. The monoisotopic (exact) mass is 396 g/mol. The van der Waals surface area contributed by atoms with Gasteiger partial charge in [-0.25, -0.2) is 4.79 Å². The van der Waals surface area contributed by atoms with Crippen molar-refractivity contribution in [3.05, 3.63) is 35.9 Å². The Bertz CT molecular complexity index is 641. The van der Waals surface area contributed by atoms with Gasteiger partial charge in [-0.3, -0.25) is 14.4 Å². The Morgan fingerprint density at radius 2 is 1.74 bits per heavy atom. The number of benzene rings is 1. The Labute approximate surface area is 161 Å². The van der Waals surface area contributed by atoms with Crippen molar-refractivity contribution in [2.45, 2.75) is 19.1 Å². The van der Waals surface area contributed by atoms with E-state index in [0.717, 1.165) is 5.56 Å². The minimum atomic E-state index is -0.784. The standard InChI is InChI=1S/C17H24N4O5S/c1-27-8-7-13(16(18)24)21-15(23)10-19-14(22)9-20-17(25)26-11-12-5-3-2-4-6-12/h2-6,13H,7-11H2,1H3,(H2,18,24)(H,19,22)(H,20,25)(H,21,23)/t13-/m0/s1. The molecule has 1 rings (SSSR count). The van der Waals surface area contributed by atoms with Crippen molar-refractivity contribution in [3.8, 4) is 0 Å². The molecule has 5 N–H and O–H groups in total. The highest BCUT2D eigenvalue weighted by atomic mass is 32.2. The van der Waals surface area contributed by atoms with Crippen molar-refractivity contribution in [1.82, 2.24) is 16.0 Å². The fourth-order valence-corrected chi connectivity index (χ4v) is 2.41. The molecular weight excluding hydrogens is 372 g/mol. The molecule has 4 amide bonds. The average molecular weight is 396 g/mol. The highest BCUT2D eigenvalue weighted by molar-refractivity contribution is 7.98. The summed E-state index contributed by atoms with van der Waals surface area (Å²) in [6, 6.07) is 8.30. The minimum Gasteiger partial charge on any atom is -0.445 e. The number of alkyl carbamates (subject to hydrolysis) is 1. The van der Waals surface area contributed by atoms with Crippen molar-refractivity contribution in [2.24, 2.45) is 5.73 Å². The van der Waals surface area contributed by atoms with Crippen LogP contribution in [0, 0.1) is 0 Å². The number of hydrogen-bond acceptors (Lipinski definition) is 6. The van der Waals surface area contributed by atoms with E-state index in [1.807, 2.05) is 24.5 Å². The van der Waals surface area contributed by atoms with Crippen molar-refractivity contribution in [3.63, 3.8) is 0 Å². The normalized spacial score (nSPS) is 11.1. The van der Waals surface area contributed by atoms with Gasteiger partial charge in [0.15, 0.2) is 0 Å². The lowest BCUT2D eigenvalue weighted by molar-refractivity contribution is -0.128. The van der Waals surface area contributed by atoms with E-state index in [-0.39, 0.29) is 19.7 Å². The van der Waals surface area contributed by atoms with E-state index in [1.54, 1.807) is 12.1 Å². The first-order valence-corrected chi connectivity index (χ1v) is 9.60. The molecule has 1 aromatic rings. The largest absolute Gasteiger partial charge is 0.445 e. The SMILES string of the molecule is CSCC[C@H](NC(=O)CNC(=O)CNC(=O)OCc1ccccc1)C(N)=O. The zero-order valence-corrected chi connectivity index (χ0v) is 15.8. The molecule has 0 saturated carbocycles. The number of rotatable bonds is 11. The Hall–Kier alpha value is -2.75. The van der Waals surface area contributed by atoms with E-state index < -0.39 is 29.9 Å². The van der Waals surface area contributed by atoms with E-state index in [0.29, 0.717) is 12.2 Å². The summed E-state index contributed by atoms with van der Waals surface area (Å²) in [5, 5.41) is 7.07. The fraction of sp³-hybridized carbons (Fsp3) is 0.412. The predicted octanol–water partition coefficient (Wildman–Crippen LogP) is -0.248. The summed E-state index contributed by atoms with van der Waals surface area (Å²) in [5.74, 6) is -1.08. The number of amides is 4. The maximum atomic E-state index is 11.8. The van der Waals surface area contributed by atoms with Crippen LogP contribution in [0.25, 0.3) is 0 Å². The second kappa shape index (κ2) is 12.6. The third-order valence-electron chi connectivity index (χ3n) is 3.34. The smallest absolute Gasteiger partial charge is 0.407 e. The number of hydrogen-bond donors (Lipinski definition) is 4. The molecule has 0 aliphatic heterocycles. The van der Waals surface area contributed by atoms with Crippen LogP contribution in [0.5, 0.6) is 0 Å². The molecule has 0 bridgehead atoms. The van der Waals surface area contributed by atoms with Gasteiger partial charge in [0.25, 0.3) is 0 Å². The minimum absolute atomic E-state index is 0.0846. The van der Waals surface area contributed by atoms with E-state index in [1.165, 1.54) is 11.8 Å². The van der Waals surface area contributed by atoms with Gasteiger partial charge in [-0.1, -0.05) is 30.3 Å². The maximum Gasteiger partial charge on any atom is 0.407 e. The topological polar surface area (TPSA) is 140 Å².